The lowest BCUT2D eigenvalue weighted by Gasteiger charge is -2.09. The zero-order chi connectivity index (χ0) is 15.0. The van der Waals surface area contributed by atoms with Crippen molar-refractivity contribution >= 4 is 20.6 Å². The summed E-state index contributed by atoms with van der Waals surface area (Å²) in [5.41, 5.74) is 1.88. The molecule has 0 unspecified atom stereocenters. The van der Waals surface area contributed by atoms with Gasteiger partial charge in [0.2, 0.25) is 0 Å². The maximum atomic E-state index is 11.5. The van der Waals surface area contributed by atoms with Crippen molar-refractivity contribution in [3.8, 4) is 16.9 Å². The van der Waals surface area contributed by atoms with Gasteiger partial charge in [-0.1, -0.05) is 42.5 Å². The molecule has 0 aromatic heterocycles. The molecule has 0 saturated carbocycles. The predicted octanol–water partition coefficient (Wildman–Crippen LogP) is 3.62. The topological polar surface area (TPSA) is 54.4 Å². The molecule has 3 rings (SSSR count). The first kappa shape index (κ1) is 13.6. The van der Waals surface area contributed by atoms with Gasteiger partial charge in [0.15, 0.2) is 9.84 Å². The van der Waals surface area contributed by atoms with Gasteiger partial charge in [-0.15, -0.1) is 0 Å². The lowest BCUT2D eigenvalue weighted by Crippen LogP contribution is -1.96. The number of fused-ring (bicyclic) bond motifs is 1. The third-order valence-electron chi connectivity index (χ3n) is 3.49. The Morgan fingerprint density at radius 3 is 2.05 bits per heavy atom. The van der Waals surface area contributed by atoms with E-state index in [9.17, 15) is 13.5 Å². The van der Waals surface area contributed by atoms with Crippen LogP contribution in [0.5, 0.6) is 5.75 Å². The Hall–Kier alpha value is -2.33. The Morgan fingerprint density at radius 1 is 0.810 bits per heavy atom. The summed E-state index contributed by atoms with van der Waals surface area (Å²) in [6.07, 6.45) is 1.19. The fourth-order valence-electron chi connectivity index (χ4n) is 2.42. The van der Waals surface area contributed by atoms with E-state index >= 15 is 0 Å². The third kappa shape index (κ3) is 2.50. The molecule has 0 fully saturated rings. The monoisotopic (exact) mass is 298 g/mol. The molecule has 0 bridgehead atoms. The number of benzene rings is 3. The smallest absolute Gasteiger partial charge is 0.175 e. The second-order valence-electron chi connectivity index (χ2n) is 4.97. The molecule has 0 aliphatic rings. The summed E-state index contributed by atoms with van der Waals surface area (Å²) in [4.78, 5) is 0.300. The molecule has 0 heterocycles. The molecule has 0 amide bonds. The first-order valence-electron chi connectivity index (χ1n) is 6.48. The minimum Gasteiger partial charge on any atom is -0.507 e. The van der Waals surface area contributed by atoms with Gasteiger partial charge in [-0.05, 0) is 34.7 Å². The highest BCUT2D eigenvalue weighted by molar-refractivity contribution is 7.90. The Labute approximate surface area is 123 Å². The van der Waals surface area contributed by atoms with Gasteiger partial charge >= 0.3 is 0 Å². The van der Waals surface area contributed by atoms with Gasteiger partial charge in [0.25, 0.3) is 0 Å². The first-order valence-corrected chi connectivity index (χ1v) is 8.37. The van der Waals surface area contributed by atoms with E-state index < -0.39 is 9.84 Å². The van der Waals surface area contributed by atoms with Gasteiger partial charge in [0.05, 0.1) is 4.90 Å². The van der Waals surface area contributed by atoms with E-state index in [4.69, 9.17) is 0 Å². The van der Waals surface area contributed by atoms with Crippen LogP contribution >= 0.6 is 0 Å². The van der Waals surface area contributed by atoms with E-state index in [0.29, 0.717) is 4.90 Å². The van der Waals surface area contributed by atoms with Gasteiger partial charge in [-0.3, -0.25) is 0 Å². The molecule has 106 valence electrons. The highest BCUT2D eigenvalue weighted by atomic mass is 32.2. The zero-order valence-electron chi connectivity index (χ0n) is 11.4. The maximum absolute atomic E-state index is 11.5. The molecule has 0 atom stereocenters. The fraction of sp³-hybridized carbons (Fsp3) is 0.0588. The van der Waals surface area contributed by atoms with Crippen molar-refractivity contribution in [1.82, 2.24) is 0 Å². The van der Waals surface area contributed by atoms with Crippen LogP contribution in [0.4, 0.5) is 0 Å². The van der Waals surface area contributed by atoms with Crippen LogP contribution in [0.25, 0.3) is 21.9 Å². The van der Waals surface area contributed by atoms with Crippen molar-refractivity contribution in [3.05, 3.63) is 60.7 Å². The molecule has 1 N–H and O–H groups in total. The van der Waals surface area contributed by atoms with E-state index in [1.165, 1.54) is 6.26 Å². The molecule has 0 aliphatic carbocycles. The molecule has 0 spiro atoms. The van der Waals surface area contributed by atoms with Gasteiger partial charge in [0.1, 0.15) is 5.75 Å². The molecule has 3 nitrogen and oxygen atoms in total. The standard InChI is InChI=1S/C17H14O3S/c1-21(19,20)13-8-6-12(7-9-13)14-10-11-17(18)16-5-3-2-4-15(14)16/h2-11,18H,1H3. The molecule has 3 aromatic rings. The lowest BCUT2D eigenvalue weighted by molar-refractivity contribution is 0.481. The molecule has 3 aromatic carbocycles. The second kappa shape index (κ2) is 4.90. The van der Waals surface area contributed by atoms with Crippen molar-refractivity contribution < 1.29 is 13.5 Å². The van der Waals surface area contributed by atoms with E-state index in [-0.39, 0.29) is 5.75 Å². The Kier molecular flexibility index (Phi) is 3.18. The summed E-state index contributed by atoms with van der Waals surface area (Å²) < 4.78 is 23.0. The molecule has 0 radical (unpaired) electrons. The number of phenols is 1. The molecule has 21 heavy (non-hydrogen) atoms. The van der Waals surface area contributed by atoms with Crippen LogP contribution < -0.4 is 0 Å². The van der Waals surface area contributed by atoms with Crippen LogP contribution in [0.15, 0.2) is 65.6 Å². The van der Waals surface area contributed by atoms with Crippen LogP contribution in [0.1, 0.15) is 0 Å². The van der Waals surface area contributed by atoms with Crippen LogP contribution in [0.3, 0.4) is 0 Å². The number of aromatic hydroxyl groups is 1. The van der Waals surface area contributed by atoms with Gasteiger partial charge in [-0.2, -0.15) is 0 Å². The van der Waals surface area contributed by atoms with Gasteiger partial charge in [-0.25, -0.2) is 8.42 Å². The average molecular weight is 298 g/mol. The van der Waals surface area contributed by atoms with Crippen LogP contribution in [0, 0.1) is 0 Å². The molecular formula is C17H14O3S. The zero-order valence-corrected chi connectivity index (χ0v) is 12.3. The van der Waals surface area contributed by atoms with E-state index in [1.54, 1.807) is 30.3 Å². The number of phenolic OH excluding ortho intramolecular Hbond substituents is 1. The maximum Gasteiger partial charge on any atom is 0.175 e. The van der Waals surface area contributed by atoms with E-state index in [1.807, 2.05) is 30.3 Å². The highest BCUT2D eigenvalue weighted by Crippen LogP contribution is 2.34. The Morgan fingerprint density at radius 2 is 1.43 bits per heavy atom. The van der Waals surface area contributed by atoms with Gasteiger partial charge in [0, 0.05) is 11.6 Å². The number of sulfone groups is 1. The summed E-state index contributed by atoms with van der Waals surface area (Å²) >= 11 is 0. The summed E-state index contributed by atoms with van der Waals surface area (Å²) in [7, 11) is -3.19. The van der Waals surface area contributed by atoms with E-state index in [0.717, 1.165) is 21.9 Å². The fourth-order valence-corrected chi connectivity index (χ4v) is 3.05. The van der Waals surface area contributed by atoms with Crippen LogP contribution in [-0.2, 0) is 9.84 Å². The first-order chi connectivity index (χ1) is 9.97. The van der Waals surface area contributed by atoms with Crippen LogP contribution in [0.2, 0.25) is 0 Å². The highest BCUT2D eigenvalue weighted by Gasteiger charge is 2.09. The molecular weight excluding hydrogens is 284 g/mol. The van der Waals surface area contributed by atoms with Crippen molar-refractivity contribution in [2.24, 2.45) is 0 Å². The number of hydrogen-bond donors (Lipinski definition) is 1. The Bertz CT molecular complexity index is 910. The Balaban J connectivity index is 2.20. The van der Waals surface area contributed by atoms with Gasteiger partial charge < -0.3 is 5.11 Å². The number of rotatable bonds is 2. The minimum absolute atomic E-state index is 0.238. The normalized spacial score (nSPS) is 11.7. The summed E-state index contributed by atoms with van der Waals surface area (Å²) in [6, 6.07) is 17.9. The SMILES string of the molecule is CS(=O)(=O)c1ccc(-c2ccc(O)c3ccccc23)cc1. The number of hydrogen-bond acceptors (Lipinski definition) is 3. The van der Waals surface area contributed by atoms with Crippen LogP contribution in [-0.4, -0.2) is 19.8 Å². The molecule has 0 aliphatic heterocycles. The second-order valence-corrected chi connectivity index (χ2v) is 6.99. The largest absolute Gasteiger partial charge is 0.507 e. The van der Waals surface area contributed by atoms with Crippen molar-refractivity contribution in [2.45, 2.75) is 4.90 Å². The molecule has 4 heteroatoms. The summed E-state index contributed by atoms with van der Waals surface area (Å²) in [6.45, 7) is 0. The predicted molar refractivity (Wildman–Crippen MR) is 84.2 cm³/mol. The quantitative estimate of drug-likeness (QED) is 0.786. The van der Waals surface area contributed by atoms with E-state index in [2.05, 4.69) is 0 Å². The third-order valence-corrected chi connectivity index (χ3v) is 4.62. The minimum atomic E-state index is -3.19. The van der Waals surface area contributed by atoms with Crippen molar-refractivity contribution in [2.75, 3.05) is 6.26 Å². The van der Waals surface area contributed by atoms with Crippen molar-refractivity contribution in [3.63, 3.8) is 0 Å². The summed E-state index contributed by atoms with van der Waals surface area (Å²) in [5.74, 6) is 0.238. The molecule has 0 saturated heterocycles. The summed E-state index contributed by atoms with van der Waals surface area (Å²) in [5, 5.41) is 11.6. The average Bonchev–Trinajstić information content (AvgIpc) is 2.47. The van der Waals surface area contributed by atoms with Crippen molar-refractivity contribution in [1.29, 1.82) is 0 Å². The lowest BCUT2D eigenvalue weighted by atomic mass is 9.98.